The Morgan fingerprint density at radius 1 is 1.63 bits per heavy atom. The summed E-state index contributed by atoms with van der Waals surface area (Å²) in [6.45, 7) is 5.89. The van der Waals surface area contributed by atoms with Crippen LogP contribution < -0.4 is 10.6 Å². The van der Waals surface area contributed by atoms with Gasteiger partial charge in [0.05, 0.1) is 19.1 Å². The zero-order valence-corrected chi connectivity index (χ0v) is 11.2. The van der Waals surface area contributed by atoms with Gasteiger partial charge in [0.1, 0.15) is 0 Å². The van der Waals surface area contributed by atoms with Crippen LogP contribution in [-0.2, 0) is 9.59 Å². The molecule has 1 fully saturated rings. The smallest absolute Gasteiger partial charge is 0.240 e. The average Bonchev–Trinajstić information content (AvgIpc) is 2.41. The van der Waals surface area contributed by atoms with Gasteiger partial charge in [-0.05, 0) is 12.8 Å². The quantitative estimate of drug-likeness (QED) is 0.400. The summed E-state index contributed by atoms with van der Waals surface area (Å²) in [6, 6.07) is -0.448. The molecule has 0 aromatic heterocycles. The van der Waals surface area contributed by atoms with Crippen LogP contribution in [0.1, 0.15) is 19.3 Å². The van der Waals surface area contributed by atoms with Crippen molar-refractivity contribution < 1.29 is 14.7 Å². The summed E-state index contributed by atoms with van der Waals surface area (Å²) in [5, 5.41) is 14.2. The Kier molecular flexibility index (Phi) is 7.14. The molecule has 1 unspecified atom stereocenters. The number of allylic oxidation sites excluding steroid dienone is 1. The molecule has 0 saturated carbocycles. The molecule has 3 N–H and O–H groups in total. The number of carbonyl (C=O) groups is 2. The fourth-order valence-electron chi connectivity index (χ4n) is 2.05. The van der Waals surface area contributed by atoms with Crippen LogP contribution in [0.5, 0.6) is 0 Å². The highest BCUT2D eigenvalue weighted by atomic mass is 16.3. The minimum Gasteiger partial charge on any atom is -0.395 e. The molecule has 19 heavy (non-hydrogen) atoms. The first kappa shape index (κ1) is 15.7. The fourth-order valence-corrected chi connectivity index (χ4v) is 2.05. The van der Waals surface area contributed by atoms with Crippen molar-refractivity contribution in [2.24, 2.45) is 0 Å². The van der Waals surface area contributed by atoms with E-state index in [4.69, 9.17) is 5.11 Å². The number of hydrogen-bond donors (Lipinski definition) is 3. The van der Waals surface area contributed by atoms with Gasteiger partial charge in [-0.15, -0.1) is 6.58 Å². The van der Waals surface area contributed by atoms with Gasteiger partial charge < -0.3 is 20.6 Å². The molecule has 1 aliphatic heterocycles. The second kappa shape index (κ2) is 8.66. The maximum Gasteiger partial charge on any atom is 0.240 e. The summed E-state index contributed by atoms with van der Waals surface area (Å²) >= 11 is 0. The molecular weight excluding hydrogens is 246 g/mol. The Morgan fingerprint density at radius 3 is 3.11 bits per heavy atom. The van der Waals surface area contributed by atoms with Gasteiger partial charge in [0.2, 0.25) is 11.8 Å². The zero-order chi connectivity index (χ0) is 14.1. The normalized spacial score (nSPS) is 19.3. The number of piperazine rings is 1. The number of nitrogens with zero attached hydrogens (tertiary/aromatic N) is 1. The van der Waals surface area contributed by atoms with Crippen LogP contribution in [0.25, 0.3) is 0 Å². The highest BCUT2D eigenvalue weighted by Gasteiger charge is 2.29. The summed E-state index contributed by atoms with van der Waals surface area (Å²) < 4.78 is 0. The van der Waals surface area contributed by atoms with E-state index in [-0.39, 0.29) is 31.4 Å². The molecule has 1 saturated heterocycles. The van der Waals surface area contributed by atoms with Crippen molar-refractivity contribution in [3.8, 4) is 0 Å². The Hall–Kier alpha value is -1.40. The number of unbranched alkanes of at least 4 members (excludes halogenated alkanes) is 1. The number of rotatable bonds is 8. The Bertz CT molecular complexity index is 320. The number of nitrogens with one attached hydrogen (secondary N) is 2. The first-order valence-corrected chi connectivity index (χ1v) is 6.69. The number of aliphatic hydroxyl groups is 1. The fraction of sp³-hybridized carbons (Fsp3) is 0.692. The maximum absolute atomic E-state index is 12.1. The third-order valence-corrected chi connectivity index (χ3v) is 3.04. The predicted molar refractivity (Wildman–Crippen MR) is 72.5 cm³/mol. The Morgan fingerprint density at radius 2 is 2.42 bits per heavy atom. The standard InChI is InChI=1S/C13H23N3O3/c1-2-3-4-7-16-8-5-14-11(13(16)19)10-12(18)15-6-9-17/h2,11,14,17H,1,3-10H2,(H,15,18). The first-order chi connectivity index (χ1) is 9.19. The van der Waals surface area contributed by atoms with Crippen molar-refractivity contribution in [2.75, 3.05) is 32.8 Å². The minimum atomic E-state index is -0.448. The van der Waals surface area contributed by atoms with E-state index in [9.17, 15) is 9.59 Å². The molecule has 108 valence electrons. The average molecular weight is 269 g/mol. The van der Waals surface area contributed by atoms with Gasteiger partial charge in [-0.2, -0.15) is 0 Å². The highest BCUT2D eigenvalue weighted by Crippen LogP contribution is 2.07. The van der Waals surface area contributed by atoms with Gasteiger partial charge in [0, 0.05) is 26.2 Å². The molecule has 0 aliphatic carbocycles. The second-order valence-corrected chi connectivity index (χ2v) is 4.54. The lowest BCUT2D eigenvalue weighted by atomic mass is 10.1. The summed E-state index contributed by atoms with van der Waals surface area (Å²) in [4.78, 5) is 25.5. The monoisotopic (exact) mass is 269 g/mol. The Balaban J connectivity index is 2.39. The molecule has 6 nitrogen and oxygen atoms in total. The SMILES string of the molecule is C=CCCCN1CCNC(CC(=O)NCCO)C1=O. The molecular formula is C13H23N3O3. The third-order valence-electron chi connectivity index (χ3n) is 3.04. The van der Waals surface area contributed by atoms with Crippen molar-refractivity contribution in [2.45, 2.75) is 25.3 Å². The first-order valence-electron chi connectivity index (χ1n) is 6.69. The van der Waals surface area contributed by atoms with Crippen molar-refractivity contribution in [3.05, 3.63) is 12.7 Å². The number of hydrogen-bond acceptors (Lipinski definition) is 4. The topological polar surface area (TPSA) is 81.7 Å². The van der Waals surface area contributed by atoms with Gasteiger partial charge in [-0.25, -0.2) is 0 Å². The van der Waals surface area contributed by atoms with Crippen LogP contribution in [0.3, 0.4) is 0 Å². The summed E-state index contributed by atoms with van der Waals surface area (Å²) in [5.41, 5.74) is 0. The summed E-state index contributed by atoms with van der Waals surface area (Å²) in [5.74, 6) is -0.234. The van der Waals surface area contributed by atoms with Crippen LogP contribution in [0.4, 0.5) is 0 Å². The van der Waals surface area contributed by atoms with Crippen LogP contribution >= 0.6 is 0 Å². The number of carbonyl (C=O) groups excluding carboxylic acids is 2. The van der Waals surface area contributed by atoms with E-state index in [0.717, 1.165) is 12.8 Å². The summed E-state index contributed by atoms with van der Waals surface area (Å²) in [6.07, 6.45) is 3.75. The van der Waals surface area contributed by atoms with Crippen molar-refractivity contribution >= 4 is 11.8 Å². The number of amides is 2. The predicted octanol–water partition coefficient (Wildman–Crippen LogP) is -0.748. The molecule has 1 rings (SSSR count). The molecule has 0 bridgehead atoms. The Labute approximate surface area is 113 Å². The van der Waals surface area contributed by atoms with E-state index < -0.39 is 6.04 Å². The third kappa shape index (κ3) is 5.40. The van der Waals surface area contributed by atoms with E-state index >= 15 is 0 Å². The van der Waals surface area contributed by atoms with E-state index in [1.54, 1.807) is 4.90 Å². The lowest BCUT2D eigenvalue weighted by Gasteiger charge is -2.33. The lowest BCUT2D eigenvalue weighted by Crippen LogP contribution is -2.56. The van der Waals surface area contributed by atoms with Gasteiger partial charge in [-0.3, -0.25) is 9.59 Å². The molecule has 0 aromatic carbocycles. The van der Waals surface area contributed by atoms with Crippen molar-refractivity contribution in [1.82, 2.24) is 15.5 Å². The van der Waals surface area contributed by atoms with E-state index in [1.165, 1.54) is 0 Å². The van der Waals surface area contributed by atoms with Crippen LogP contribution in [0, 0.1) is 0 Å². The molecule has 0 aromatic rings. The molecule has 6 heteroatoms. The molecule has 0 spiro atoms. The summed E-state index contributed by atoms with van der Waals surface area (Å²) in [7, 11) is 0. The second-order valence-electron chi connectivity index (χ2n) is 4.54. The molecule has 1 heterocycles. The van der Waals surface area contributed by atoms with Crippen molar-refractivity contribution in [1.29, 1.82) is 0 Å². The van der Waals surface area contributed by atoms with E-state index in [1.807, 2.05) is 6.08 Å². The van der Waals surface area contributed by atoms with Crippen molar-refractivity contribution in [3.63, 3.8) is 0 Å². The van der Waals surface area contributed by atoms with Crippen LogP contribution in [-0.4, -0.2) is 60.6 Å². The van der Waals surface area contributed by atoms with Crippen LogP contribution in [0.15, 0.2) is 12.7 Å². The minimum absolute atomic E-state index is 0.0190. The van der Waals surface area contributed by atoms with Crippen LogP contribution in [0.2, 0.25) is 0 Å². The molecule has 1 aliphatic rings. The maximum atomic E-state index is 12.1. The number of aliphatic hydroxyl groups excluding tert-OH is 1. The molecule has 1 atom stereocenters. The largest absolute Gasteiger partial charge is 0.395 e. The van der Waals surface area contributed by atoms with E-state index in [2.05, 4.69) is 17.2 Å². The lowest BCUT2D eigenvalue weighted by molar-refractivity contribution is -0.138. The molecule has 0 radical (unpaired) electrons. The zero-order valence-electron chi connectivity index (χ0n) is 11.2. The van der Waals surface area contributed by atoms with Gasteiger partial charge in [-0.1, -0.05) is 6.08 Å². The van der Waals surface area contributed by atoms with Gasteiger partial charge >= 0.3 is 0 Å². The van der Waals surface area contributed by atoms with Gasteiger partial charge in [0.15, 0.2) is 0 Å². The highest BCUT2D eigenvalue weighted by molar-refractivity contribution is 5.88. The van der Waals surface area contributed by atoms with Gasteiger partial charge in [0.25, 0.3) is 0 Å². The molecule has 2 amide bonds. The van der Waals surface area contributed by atoms with E-state index in [0.29, 0.717) is 19.6 Å².